The van der Waals surface area contributed by atoms with Gasteiger partial charge in [0.05, 0.1) is 6.61 Å². The van der Waals surface area contributed by atoms with E-state index in [0.717, 1.165) is 25.7 Å². The van der Waals surface area contributed by atoms with Crippen molar-refractivity contribution in [1.82, 2.24) is 0 Å². The molecule has 6 heteroatoms. The molecule has 0 amide bonds. The number of carbonyl (C=O) groups excluding carboxylic acids is 2. The first-order valence-electron chi connectivity index (χ1n) is 11.7. The lowest BCUT2D eigenvalue weighted by Gasteiger charge is -2.67. The van der Waals surface area contributed by atoms with Crippen LogP contribution in [0, 0.1) is 39.9 Å². The van der Waals surface area contributed by atoms with Gasteiger partial charge in [-0.3, -0.25) is 9.59 Å². The summed E-state index contributed by atoms with van der Waals surface area (Å²) in [5.41, 5.74) is -0.258. The van der Waals surface area contributed by atoms with Crippen molar-refractivity contribution in [3.05, 3.63) is 0 Å². The van der Waals surface area contributed by atoms with Crippen LogP contribution in [0.25, 0.3) is 0 Å². The van der Waals surface area contributed by atoms with E-state index in [1.54, 1.807) is 0 Å². The molecule has 0 N–H and O–H groups in total. The molecule has 2 heterocycles. The van der Waals surface area contributed by atoms with Crippen LogP contribution in [-0.2, 0) is 28.5 Å². The Labute approximate surface area is 179 Å². The molecule has 2 saturated heterocycles. The van der Waals surface area contributed by atoms with Crippen molar-refractivity contribution < 1.29 is 28.5 Å². The molecular weight excluding hydrogens is 384 g/mol. The SMILES string of the molecule is CC(=O)O[C@H]1OC2OC[C@@H]3CC[C@@H]4[C@@]5(C)CCCC(C)(C)[C@@H]5[C@@H](OC(C)=O)C[C@]14[C@H]23. The zero-order valence-electron chi connectivity index (χ0n) is 18.9. The molecule has 5 aliphatic rings. The summed E-state index contributed by atoms with van der Waals surface area (Å²) in [5.74, 6) is 0.708. The minimum atomic E-state index is -0.626. The van der Waals surface area contributed by atoms with Crippen LogP contribution in [-0.4, -0.2) is 37.2 Å². The Morgan fingerprint density at radius 2 is 1.73 bits per heavy atom. The lowest BCUT2D eigenvalue weighted by molar-refractivity contribution is -0.275. The minimum Gasteiger partial charge on any atom is -0.462 e. The molecule has 168 valence electrons. The number of fused-ring (bicyclic) bond motifs is 2. The van der Waals surface area contributed by atoms with Crippen molar-refractivity contribution in [3.8, 4) is 0 Å². The van der Waals surface area contributed by atoms with Gasteiger partial charge in [-0.15, -0.1) is 0 Å². The van der Waals surface area contributed by atoms with Gasteiger partial charge in [-0.2, -0.15) is 0 Å². The quantitative estimate of drug-likeness (QED) is 0.628. The normalized spacial score (nSPS) is 50.8. The third kappa shape index (κ3) is 2.68. The summed E-state index contributed by atoms with van der Waals surface area (Å²) >= 11 is 0. The summed E-state index contributed by atoms with van der Waals surface area (Å²) in [6, 6.07) is 0. The summed E-state index contributed by atoms with van der Waals surface area (Å²) in [4.78, 5) is 24.2. The lowest BCUT2D eigenvalue weighted by Crippen LogP contribution is -2.67. The van der Waals surface area contributed by atoms with E-state index < -0.39 is 6.29 Å². The second-order valence-electron chi connectivity index (χ2n) is 11.5. The smallest absolute Gasteiger partial charge is 0.304 e. The molecule has 5 rings (SSSR count). The maximum absolute atomic E-state index is 12.2. The van der Waals surface area contributed by atoms with Crippen LogP contribution in [0.1, 0.15) is 73.1 Å². The molecule has 6 nitrogen and oxygen atoms in total. The summed E-state index contributed by atoms with van der Waals surface area (Å²) in [6.45, 7) is 10.8. The average molecular weight is 421 g/mol. The van der Waals surface area contributed by atoms with Gasteiger partial charge in [0.15, 0.2) is 6.29 Å². The van der Waals surface area contributed by atoms with Crippen LogP contribution in [0.5, 0.6) is 0 Å². The molecular formula is C24H36O6. The van der Waals surface area contributed by atoms with Gasteiger partial charge >= 0.3 is 11.9 Å². The third-order valence-electron chi connectivity index (χ3n) is 9.47. The molecule has 1 unspecified atom stereocenters. The minimum absolute atomic E-state index is 0.00429. The van der Waals surface area contributed by atoms with E-state index in [1.165, 1.54) is 20.3 Å². The van der Waals surface area contributed by atoms with Gasteiger partial charge in [0, 0.05) is 31.1 Å². The van der Waals surface area contributed by atoms with Crippen LogP contribution in [0.2, 0.25) is 0 Å². The molecule has 0 aromatic rings. The van der Waals surface area contributed by atoms with Crippen molar-refractivity contribution in [3.63, 3.8) is 0 Å². The van der Waals surface area contributed by atoms with E-state index in [4.69, 9.17) is 18.9 Å². The summed E-state index contributed by atoms with van der Waals surface area (Å²) in [7, 11) is 0. The second-order valence-corrected chi connectivity index (χ2v) is 11.5. The van der Waals surface area contributed by atoms with E-state index in [-0.39, 0.29) is 52.4 Å². The third-order valence-corrected chi connectivity index (χ3v) is 9.47. The van der Waals surface area contributed by atoms with E-state index in [1.807, 2.05) is 0 Å². The van der Waals surface area contributed by atoms with Gasteiger partial charge in [0.2, 0.25) is 6.29 Å². The van der Waals surface area contributed by atoms with Gasteiger partial charge in [-0.25, -0.2) is 0 Å². The van der Waals surface area contributed by atoms with Gasteiger partial charge in [0.1, 0.15) is 6.10 Å². The molecule has 30 heavy (non-hydrogen) atoms. The second kappa shape index (κ2) is 6.68. The summed E-state index contributed by atoms with van der Waals surface area (Å²) in [5, 5.41) is 0. The highest BCUT2D eigenvalue weighted by atomic mass is 16.8. The first-order valence-corrected chi connectivity index (χ1v) is 11.7. The van der Waals surface area contributed by atoms with Gasteiger partial charge < -0.3 is 18.9 Å². The number of hydrogen-bond donors (Lipinski definition) is 0. The van der Waals surface area contributed by atoms with Gasteiger partial charge in [-0.05, 0) is 54.8 Å². The molecule has 9 atom stereocenters. The largest absolute Gasteiger partial charge is 0.462 e. The first-order chi connectivity index (χ1) is 14.1. The van der Waals surface area contributed by atoms with Crippen LogP contribution in [0.3, 0.4) is 0 Å². The Bertz CT molecular complexity index is 748. The highest BCUT2D eigenvalue weighted by molar-refractivity contribution is 5.66. The molecule has 5 fully saturated rings. The van der Waals surface area contributed by atoms with Crippen LogP contribution in [0.15, 0.2) is 0 Å². The molecule has 3 saturated carbocycles. The average Bonchev–Trinajstić information content (AvgIpc) is 3.15. The summed E-state index contributed by atoms with van der Waals surface area (Å²) < 4.78 is 24.3. The van der Waals surface area contributed by atoms with E-state index in [0.29, 0.717) is 24.9 Å². The highest BCUT2D eigenvalue weighted by Gasteiger charge is 2.75. The molecule has 0 radical (unpaired) electrons. The zero-order chi connectivity index (χ0) is 21.5. The van der Waals surface area contributed by atoms with E-state index in [9.17, 15) is 9.59 Å². The number of ether oxygens (including phenoxy) is 4. The monoisotopic (exact) mass is 420 g/mol. The molecule has 0 aromatic carbocycles. The number of carbonyl (C=O) groups is 2. The van der Waals surface area contributed by atoms with Crippen molar-refractivity contribution >= 4 is 11.9 Å². The fraction of sp³-hybridized carbons (Fsp3) is 0.917. The topological polar surface area (TPSA) is 71.1 Å². The standard InChI is InChI=1S/C24H36O6/c1-13(25)28-16-11-24-17(23(5)10-6-9-22(3,4)19(16)23)8-7-15-12-27-20(18(15)24)30-21(24)29-14(2)26/h15-21H,6-12H2,1-5H3/t15-,16-,17+,18-,19-,20?,21-,23+,24-/m0/s1. The van der Waals surface area contributed by atoms with Crippen LogP contribution < -0.4 is 0 Å². The maximum atomic E-state index is 12.2. The Kier molecular flexibility index (Phi) is 4.62. The molecule has 2 aliphatic heterocycles. The van der Waals surface area contributed by atoms with Crippen molar-refractivity contribution in [1.29, 1.82) is 0 Å². The Balaban J connectivity index is 1.66. The number of rotatable bonds is 2. The van der Waals surface area contributed by atoms with Gasteiger partial charge in [0.25, 0.3) is 0 Å². The van der Waals surface area contributed by atoms with Crippen molar-refractivity contribution in [2.24, 2.45) is 39.9 Å². The van der Waals surface area contributed by atoms with Crippen LogP contribution >= 0.6 is 0 Å². The van der Waals surface area contributed by atoms with Crippen LogP contribution in [0.4, 0.5) is 0 Å². The molecule has 0 bridgehead atoms. The molecule has 3 aliphatic carbocycles. The fourth-order valence-electron chi connectivity index (χ4n) is 9.02. The maximum Gasteiger partial charge on any atom is 0.304 e. The first kappa shape index (κ1) is 20.7. The zero-order valence-corrected chi connectivity index (χ0v) is 18.9. The van der Waals surface area contributed by atoms with E-state index >= 15 is 0 Å². The van der Waals surface area contributed by atoms with Crippen molar-refractivity contribution in [2.75, 3.05) is 6.61 Å². The number of esters is 2. The Hall–Kier alpha value is -1.14. The summed E-state index contributed by atoms with van der Waals surface area (Å²) in [6.07, 6.45) is 5.20. The van der Waals surface area contributed by atoms with Gasteiger partial charge in [-0.1, -0.05) is 27.2 Å². The molecule has 0 aromatic heterocycles. The Morgan fingerprint density at radius 3 is 2.43 bits per heavy atom. The van der Waals surface area contributed by atoms with Crippen molar-refractivity contribution in [2.45, 2.75) is 91.8 Å². The predicted octanol–water partition coefficient (Wildman–Crippen LogP) is 4.06. The lowest BCUT2D eigenvalue weighted by atomic mass is 9.38. The van der Waals surface area contributed by atoms with E-state index in [2.05, 4.69) is 20.8 Å². The predicted molar refractivity (Wildman–Crippen MR) is 108 cm³/mol. The molecule has 1 spiro atoms. The number of hydrogen-bond acceptors (Lipinski definition) is 6. The highest BCUT2D eigenvalue weighted by Crippen LogP contribution is 2.74. The fourth-order valence-corrected chi connectivity index (χ4v) is 9.02. The Morgan fingerprint density at radius 1 is 1.00 bits per heavy atom.